The summed E-state index contributed by atoms with van der Waals surface area (Å²) < 4.78 is 17.2. The number of amides is 2. The van der Waals surface area contributed by atoms with E-state index in [-0.39, 0.29) is 50.0 Å². The Morgan fingerprint density at radius 1 is 1.02 bits per heavy atom. The second-order valence-corrected chi connectivity index (χ2v) is 14.9. The maximum absolute atomic E-state index is 13.4. The molecule has 12 heteroatoms. The van der Waals surface area contributed by atoms with Gasteiger partial charge in [-0.25, -0.2) is 9.59 Å². The van der Waals surface area contributed by atoms with E-state index in [4.69, 9.17) is 14.2 Å². The summed E-state index contributed by atoms with van der Waals surface area (Å²) in [5.41, 5.74) is -0.740. The van der Waals surface area contributed by atoms with E-state index in [9.17, 15) is 29.4 Å². The number of hydrogen-bond donors (Lipinski definition) is 2. The van der Waals surface area contributed by atoms with Crippen LogP contribution in [0.1, 0.15) is 91.9 Å². The molecule has 6 atom stereocenters. The molecule has 0 aromatic heterocycles. The first-order valence-corrected chi connectivity index (χ1v) is 18.6. The largest absolute Gasteiger partial charge is 0.457 e. The van der Waals surface area contributed by atoms with E-state index < -0.39 is 42.1 Å². The molecular weight excluding hydrogens is 642 g/mol. The summed E-state index contributed by atoms with van der Waals surface area (Å²) in [6, 6.07) is 0.579. The molecule has 0 bridgehead atoms. The topological polar surface area (TPSA) is 146 Å². The Kier molecular flexibility index (Phi) is 14.9. The highest BCUT2D eigenvalue weighted by Crippen LogP contribution is 2.28. The number of carbonyl (C=O) groups is 4. The molecule has 0 radical (unpaired) electrons. The van der Waals surface area contributed by atoms with E-state index in [1.54, 1.807) is 24.0 Å². The summed E-state index contributed by atoms with van der Waals surface area (Å²) in [5, 5.41) is 22.2. The van der Waals surface area contributed by atoms with Crippen molar-refractivity contribution in [1.29, 1.82) is 0 Å². The first-order valence-electron chi connectivity index (χ1n) is 18.6. The second-order valence-electron chi connectivity index (χ2n) is 14.9. The summed E-state index contributed by atoms with van der Waals surface area (Å²) in [7, 11) is 0. The van der Waals surface area contributed by atoms with E-state index >= 15 is 0 Å². The quantitative estimate of drug-likeness (QED) is 0.125. The SMILES string of the molecule is C/C(=C\C=C\C(C)COC(=O)N1CCC(=O)C1)[C@H]1OC(=O)C[C@@H](O)CC[C@](C)(O)[C@@H](OC(=O)N2CCN(C3CCCCCC3)CC2)/C=C/[C@@H]1C. The first-order chi connectivity index (χ1) is 23.8. The van der Waals surface area contributed by atoms with Crippen LogP contribution in [0.3, 0.4) is 0 Å². The fraction of sp³-hybridized carbons (Fsp3) is 0.737. The first kappa shape index (κ1) is 39.6. The summed E-state index contributed by atoms with van der Waals surface area (Å²) in [4.78, 5) is 55.6. The van der Waals surface area contributed by atoms with Crippen molar-refractivity contribution in [2.75, 3.05) is 45.9 Å². The third kappa shape index (κ3) is 11.9. The minimum absolute atomic E-state index is 0.0252. The predicted octanol–water partition coefficient (Wildman–Crippen LogP) is 4.78. The van der Waals surface area contributed by atoms with Gasteiger partial charge < -0.3 is 34.2 Å². The Morgan fingerprint density at radius 2 is 1.72 bits per heavy atom. The van der Waals surface area contributed by atoms with Crippen molar-refractivity contribution >= 4 is 23.9 Å². The molecule has 4 rings (SSSR count). The number of aliphatic hydroxyl groups excluding tert-OH is 1. The summed E-state index contributed by atoms with van der Waals surface area (Å²) in [6.45, 7) is 10.6. The molecule has 3 aliphatic heterocycles. The van der Waals surface area contributed by atoms with E-state index in [1.807, 2.05) is 39.0 Å². The Bertz CT molecular complexity index is 1250. The van der Waals surface area contributed by atoms with Crippen LogP contribution in [0.4, 0.5) is 9.59 Å². The Hall–Kier alpha value is -3.22. The molecule has 12 nitrogen and oxygen atoms in total. The van der Waals surface area contributed by atoms with Gasteiger partial charge >= 0.3 is 18.2 Å². The molecule has 1 unspecified atom stereocenters. The molecule has 50 heavy (non-hydrogen) atoms. The van der Waals surface area contributed by atoms with Crippen LogP contribution in [0.5, 0.6) is 0 Å². The van der Waals surface area contributed by atoms with Gasteiger partial charge in [0, 0.05) is 57.0 Å². The molecule has 2 amide bonds. The highest BCUT2D eigenvalue weighted by molar-refractivity contribution is 5.87. The molecule has 0 aromatic rings. The highest BCUT2D eigenvalue weighted by Gasteiger charge is 2.37. The summed E-state index contributed by atoms with van der Waals surface area (Å²) >= 11 is 0. The van der Waals surface area contributed by atoms with Gasteiger partial charge in [-0.3, -0.25) is 14.5 Å². The predicted molar refractivity (Wildman–Crippen MR) is 188 cm³/mol. The normalized spacial score (nSPS) is 31.4. The lowest BCUT2D eigenvalue weighted by Gasteiger charge is -2.40. The molecule has 1 aliphatic carbocycles. The van der Waals surface area contributed by atoms with Crippen LogP contribution >= 0.6 is 0 Å². The lowest BCUT2D eigenvalue weighted by molar-refractivity contribution is -0.151. The second kappa shape index (κ2) is 18.9. The summed E-state index contributed by atoms with van der Waals surface area (Å²) in [6.07, 6.45) is 13.2. The number of rotatable bonds is 7. The number of ketones is 1. The average molecular weight is 702 g/mol. The number of aliphatic hydroxyl groups is 2. The molecular formula is C38H59N3O9. The number of esters is 1. The van der Waals surface area contributed by atoms with Gasteiger partial charge in [0.05, 0.1) is 25.7 Å². The van der Waals surface area contributed by atoms with Crippen LogP contribution in [0.15, 0.2) is 36.0 Å². The molecule has 3 heterocycles. The summed E-state index contributed by atoms with van der Waals surface area (Å²) in [5.74, 6) is -0.990. The highest BCUT2D eigenvalue weighted by atomic mass is 16.6. The van der Waals surface area contributed by atoms with E-state index in [0.29, 0.717) is 32.1 Å². The van der Waals surface area contributed by atoms with E-state index in [0.717, 1.165) is 18.7 Å². The molecule has 1 saturated carbocycles. The Balaban J connectivity index is 1.39. The zero-order chi connectivity index (χ0) is 36.3. The maximum atomic E-state index is 13.4. The number of nitrogens with zero attached hydrogens (tertiary/aromatic N) is 3. The molecule has 280 valence electrons. The average Bonchev–Trinajstić information content (AvgIpc) is 3.34. The monoisotopic (exact) mass is 701 g/mol. The molecule has 3 fully saturated rings. The van der Waals surface area contributed by atoms with E-state index in [2.05, 4.69) is 4.90 Å². The van der Waals surface area contributed by atoms with Gasteiger partial charge in [-0.1, -0.05) is 63.8 Å². The number of ether oxygens (including phenoxy) is 3. The molecule has 0 aromatic carbocycles. The van der Waals surface area contributed by atoms with Gasteiger partial charge in [0.15, 0.2) is 11.9 Å². The van der Waals surface area contributed by atoms with Crippen molar-refractivity contribution in [3.63, 3.8) is 0 Å². The van der Waals surface area contributed by atoms with Crippen LogP contribution in [0.25, 0.3) is 0 Å². The van der Waals surface area contributed by atoms with Crippen LogP contribution < -0.4 is 0 Å². The maximum Gasteiger partial charge on any atom is 0.410 e. The molecule has 2 saturated heterocycles. The zero-order valence-corrected chi connectivity index (χ0v) is 30.5. The van der Waals surface area contributed by atoms with Gasteiger partial charge in [-0.15, -0.1) is 0 Å². The number of carbonyl (C=O) groups excluding carboxylic acids is 4. The molecule has 2 N–H and O–H groups in total. The van der Waals surface area contributed by atoms with Crippen LogP contribution in [-0.4, -0.2) is 125 Å². The lowest BCUT2D eigenvalue weighted by Crippen LogP contribution is -2.53. The molecule has 4 aliphatic rings. The number of Topliss-reactive ketones (excluding diaryl/α,β-unsaturated/α-hetero) is 1. The number of cyclic esters (lactones) is 1. The van der Waals surface area contributed by atoms with Crippen molar-refractivity contribution in [2.45, 2.75) is 122 Å². The zero-order valence-electron chi connectivity index (χ0n) is 30.5. The Labute approximate surface area is 297 Å². The van der Waals surface area contributed by atoms with Crippen molar-refractivity contribution in [3.8, 4) is 0 Å². The number of allylic oxidation sites excluding steroid dienone is 2. The minimum atomic E-state index is -1.48. The van der Waals surface area contributed by atoms with Gasteiger partial charge in [0.25, 0.3) is 0 Å². The van der Waals surface area contributed by atoms with Crippen LogP contribution in [0, 0.1) is 11.8 Å². The van der Waals surface area contributed by atoms with Crippen molar-refractivity contribution < 1.29 is 43.6 Å². The third-order valence-corrected chi connectivity index (χ3v) is 10.5. The number of likely N-dealkylation sites (tertiary alicyclic amines) is 1. The van der Waals surface area contributed by atoms with Crippen molar-refractivity contribution in [1.82, 2.24) is 14.7 Å². The van der Waals surface area contributed by atoms with Crippen molar-refractivity contribution in [2.24, 2.45) is 11.8 Å². The number of hydrogen-bond acceptors (Lipinski definition) is 10. The van der Waals surface area contributed by atoms with Crippen LogP contribution in [-0.2, 0) is 23.8 Å². The Morgan fingerprint density at radius 3 is 2.38 bits per heavy atom. The fourth-order valence-electron chi connectivity index (χ4n) is 7.15. The molecule has 0 spiro atoms. The smallest absolute Gasteiger partial charge is 0.410 e. The van der Waals surface area contributed by atoms with Gasteiger partial charge in [-0.05, 0) is 51.2 Å². The van der Waals surface area contributed by atoms with Gasteiger partial charge in [-0.2, -0.15) is 0 Å². The van der Waals surface area contributed by atoms with Crippen LogP contribution in [0.2, 0.25) is 0 Å². The standard InChI is InChI=1S/C38H59N3O9/c1-27(26-48-36(45)41-19-17-32(43)25-41)10-9-11-28(2)35-29(3)14-15-33(38(4,47)18-16-31(42)24-34(44)50-35)49-37(46)40-22-20-39(21-23-40)30-12-7-5-6-8-13-30/h9-11,14-15,27,29-31,33,35,42,47H,5-8,12-13,16-26H2,1-4H3/b10-9+,15-14+,28-11+/t27?,29-,31-,33-,35+,38-/m0/s1. The lowest BCUT2D eigenvalue weighted by atomic mass is 9.89. The van der Waals surface area contributed by atoms with Crippen molar-refractivity contribution in [3.05, 3.63) is 36.0 Å². The third-order valence-electron chi connectivity index (χ3n) is 10.5. The van der Waals surface area contributed by atoms with E-state index in [1.165, 1.54) is 43.4 Å². The minimum Gasteiger partial charge on any atom is -0.457 e. The van der Waals surface area contributed by atoms with Gasteiger partial charge in [0.1, 0.15) is 11.7 Å². The number of piperazine rings is 1. The van der Waals surface area contributed by atoms with Gasteiger partial charge in [0.2, 0.25) is 0 Å². The fourth-order valence-corrected chi connectivity index (χ4v) is 7.15.